The highest BCUT2D eigenvalue weighted by Gasteiger charge is 2.31. The standard InChI is InChI=1S/C14H19F2NO2/c1-14(15,16)19-13-7-8-17(10-13)9-11-3-5-12(18-2)6-4-11/h3-6,13H,7-10H2,1-2H3/t13-/m0/s1. The van der Waals surface area contributed by atoms with Crippen molar-refractivity contribution in [2.24, 2.45) is 0 Å². The summed E-state index contributed by atoms with van der Waals surface area (Å²) in [5.74, 6) is 0.817. The van der Waals surface area contributed by atoms with Gasteiger partial charge in [0.2, 0.25) is 0 Å². The van der Waals surface area contributed by atoms with Crippen molar-refractivity contribution >= 4 is 0 Å². The summed E-state index contributed by atoms with van der Waals surface area (Å²) in [5, 5.41) is 0. The molecular formula is C14H19F2NO2. The molecule has 1 aliphatic heterocycles. The van der Waals surface area contributed by atoms with E-state index in [1.54, 1.807) is 7.11 Å². The number of nitrogens with zero attached hydrogens (tertiary/aromatic N) is 1. The number of benzene rings is 1. The van der Waals surface area contributed by atoms with Crippen molar-refractivity contribution in [2.45, 2.75) is 32.1 Å². The number of halogens is 2. The van der Waals surface area contributed by atoms with Crippen molar-refractivity contribution in [3.8, 4) is 5.75 Å². The van der Waals surface area contributed by atoms with Gasteiger partial charge in [-0.2, -0.15) is 8.78 Å². The van der Waals surface area contributed by atoms with Crippen LogP contribution < -0.4 is 4.74 Å². The molecule has 0 unspecified atom stereocenters. The van der Waals surface area contributed by atoms with E-state index in [-0.39, 0.29) is 6.10 Å². The fourth-order valence-electron chi connectivity index (χ4n) is 2.32. The van der Waals surface area contributed by atoms with Crippen LogP contribution in [0.25, 0.3) is 0 Å². The highest BCUT2D eigenvalue weighted by Crippen LogP contribution is 2.23. The van der Waals surface area contributed by atoms with Gasteiger partial charge in [0.05, 0.1) is 13.2 Å². The highest BCUT2D eigenvalue weighted by atomic mass is 19.3. The van der Waals surface area contributed by atoms with E-state index < -0.39 is 6.11 Å². The van der Waals surface area contributed by atoms with E-state index in [4.69, 9.17) is 9.47 Å². The topological polar surface area (TPSA) is 21.7 Å². The number of hydrogen-bond acceptors (Lipinski definition) is 3. The third-order valence-electron chi connectivity index (χ3n) is 3.17. The summed E-state index contributed by atoms with van der Waals surface area (Å²) in [4.78, 5) is 2.12. The molecule has 5 heteroatoms. The molecule has 0 radical (unpaired) electrons. The van der Waals surface area contributed by atoms with Crippen LogP contribution in [-0.4, -0.2) is 37.3 Å². The van der Waals surface area contributed by atoms with E-state index in [1.165, 1.54) is 0 Å². The van der Waals surface area contributed by atoms with E-state index in [1.807, 2.05) is 24.3 Å². The van der Waals surface area contributed by atoms with Crippen molar-refractivity contribution in [1.29, 1.82) is 0 Å². The molecule has 1 aromatic carbocycles. The van der Waals surface area contributed by atoms with Crippen molar-refractivity contribution < 1.29 is 18.3 Å². The average molecular weight is 271 g/mol. The molecule has 1 aromatic rings. The second-order valence-electron chi connectivity index (χ2n) is 4.92. The SMILES string of the molecule is COc1ccc(CN2CC[C@H](OC(C)(F)F)C2)cc1. The molecular weight excluding hydrogens is 252 g/mol. The van der Waals surface area contributed by atoms with Crippen molar-refractivity contribution in [1.82, 2.24) is 4.90 Å². The molecule has 0 spiro atoms. The van der Waals surface area contributed by atoms with Gasteiger partial charge in [0.15, 0.2) is 0 Å². The van der Waals surface area contributed by atoms with Crippen LogP contribution in [-0.2, 0) is 11.3 Å². The minimum absolute atomic E-state index is 0.377. The van der Waals surface area contributed by atoms with E-state index in [9.17, 15) is 8.78 Å². The molecule has 106 valence electrons. The summed E-state index contributed by atoms with van der Waals surface area (Å²) in [6.45, 7) is 2.88. The van der Waals surface area contributed by atoms with Crippen molar-refractivity contribution in [3.63, 3.8) is 0 Å². The average Bonchev–Trinajstić information content (AvgIpc) is 2.75. The van der Waals surface area contributed by atoms with Gasteiger partial charge < -0.3 is 9.47 Å². The van der Waals surface area contributed by atoms with E-state index in [2.05, 4.69) is 4.90 Å². The zero-order valence-corrected chi connectivity index (χ0v) is 11.2. The molecule has 1 aliphatic rings. The Morgan fingerprint density at radius 3 is 2.58 bits per heavy atom. The summed E-state index contributed by atoms with van der Waals surface area (Å²) < 4.78 is 35.3. The normalized spacial score (nSPS) is 20.7. The third kappa shape index (κ3) is 4.44. The van der Waals surface area contributed by atoms with Gasteiger partial charge in [-0.1, -0.05) is 12.1 Å². The van der Waals surface area contributed by atoms with Gasteiger partial charge in [-0.25, -0.2) is 0 Å². The fourth-order valence-corrected chi connectivity index (χ4v) is 2.32. The van der Waals surface area contributed by atoms with Gasteiger partial charge >= 0.3 is 6.11 Å². The first-order valence-electron chi connectivity index (χ1n) is 6.37. The first-order chi connectivity index (χ1) is 8.96. The lowest BCUT2D eigenvalue weighted by Gasteiger charge is -2.19. The molecule has 1 atom stereocenters. The molecule has 2 rings (SSSR count). The Labute approximate surface area is 112 Å². The minimum atomic E-state index is -3.04. The number of methoxy groups -OCH3 is 1. The van der Waals surface area contributed by atoms with Gasteiger partial charge in [0.1, 0.15) is 5.75 Å². The first-order valence-corrected chi connectivity index (χ1v) is 6.37. The summed E-state index contributed by atoms with van der Waals surface area (Å²) in [7, 11) is 1.63. The Bertz CT molecular complexity index is 403. The Morgan fingerprint density at radius 2 is 2.00 bits per heavy atom. The van der Waals surface area contributed by atoms with Crippen LogP contribution in [0, 0.1) is 0 Å². The number of likely N-dealkylation sites (tertiary alicyclic amines) is 1. The quantitative estimate of drug-likeness (QED) is 0.822. The largest absolute Gasteiger partial charge is 0.497 e. The van der Waals surface area contributed by atoms with Crippen LogP contribution in [0.1, 0.15) is 18.9 Å². The lowest BCUT2D eigenvalue weighted by atomic mass is 10.2. The van der Waals surface area contributed by atoms with Gasteiger partial charge in [-0.15, -0.1) is 0 Å². The smallest absolute Gasteiger partial charge is 0.353 e. The number of alkyl halides is 2. The lowest BCUT2D eigenvalue weighted by Crippen LogP contribution is -2.28. The second-order valence-corrected chi connectivity index (χ2v) is 4.92. The fraction of sp³-hybridized carbons (Fsp3) is 0.571. The van der Waals surface area contributed by atoms with Gasteiger partial charge in [0, 0.05) is 26.6 Å². The zero-order valence-electron chi connectivity index (χ0n) is 11.2. The molecule has 1 saturated heterocycles. The number of hydrogen-bond donors (Lipinski definition) is 0. The zero-order chi connectivity index (χ0) is 13.9. The van der Waals surface area contributed by atoms with Gasteiger partial charge in [-0.3, -0.25) is 4.90 Å². The molecule has 0 N–H and O–H groups in total. The predicted molar refractivity (Wildman–Crippen MR) is 68.4 cm³/mol. The Morgan fingerprint density at radius 1 is 1.32 bits per heavy atom. The molecule has 19 heavy (non-hydrogen) atoms. The number of rotatable bonds is 5. The van der Waals surface area contributed by atoms with Gasteiger partial charge in [-0.05, 0) is 24.1 Å². The molecule has 3 nitrogen and oxygen atoms in total. The van der Waals surface area contributed by atoms with Crippen LogP contribution >= 0.6 is 0 Å². The summed E-state index contributed by atoms with van der Waals surface area (Å²) in [6.07, 6.45) is -2.77. The number of ether oxygens (including phenoxy) is 2. The van der Waals surface area contributed by atoms with Crippen LogP contribution in [0.4, 0.5) is 8.78 Å². The van der Waals surface area contributed by atoms with E-state index >= 15 is 0 Å². The van der Waals surface area contributed by atoms with Crippen LogP contribution in [0.15, 0.2) is 24.3 Å². The molecule has 0 aliphatic carbocycles. The molecule has 1 fully saturated rings. The second kappa shape index (κ2) is 5.84. The predicted octanol–water partition coefficient (Wildman–Crippen LogP) is 2.90. The molecule has 0 saturated carbocycles. The molecule has 1 heterocycles. The molecule has 0 amide bonds. The Hall–Kier alpha value is -1.20. The summed E-state index contributed by atoms with van der Waals surface area (Å²) >= 11 is 0. The summed E-state index contributed by atoms with van der Waals surface area (Å²) in [6, 6.07) is 7.78. The van der Waals surface area contributed by atoms with Crippen LogP contribution in [0.3, 0.4) is 0 Å². The minimum Gasteiger partial charge on any atom is -0.497 e. The van der Waals surface area contributed by atoms with E-state index in [0.717, 1.165) is 31.3 Å². The highest BCUT2D eigenvalue weighted by molar-refractivity contribution is 5.27. The first kappa shape index (κ1) is 14.2. The van der Waals surface area contributed by atoms with E-state index in [0.29, 0.717) is 13.0 Å². The van der Waals surface area contributed by atoms with Crippen LogP contribution in [0.2, 0.25) is 0 Å². The van der Waals surface area contributed by atoms with Crippen LogP contribution in [0.5, 0.6) is 5.75 Å². The van der Waals surface area contributed by atoms with Gasteiger partial charge in [0.25, 0.3) is 0 Å². The van der Waals surface area contributed by atoms with Crippen molar-refractivity contribution in [3.05, 3.63) is 29.8 Å². The summed E-state index contributed by atoms with van der Waals surface area (Å²) in [5.41, 5.74) is 1.14. The third-order valence-corrected chi connectivity index (χ3v) is 3.17. The maximum absolute atomic E-state index is 12.8. The molecule has 0 aromatic heterocycles. The molecule has 0 bridgehead atoms. The Kier molecular flexibility index (Phi) is 4.37. The monoisotopic (exact) mass is 271 g/mol. The van der Waals surface area contributed by atoms with Crippen molar-refractivity contribution in [2.75, 3.05) is 20.2 Å². The lowest BCUT2D eigenvalue weighted by molar-refractivity contribution is -0.246. The maximum atomic E-state index is 12.8. The Balaban J connectivity index is 1.84. The maximum Gasteiger partial charge on any atom is 0.353 e.